The molecule has 2 rings (SSSR count). The van der Waals surface area contributed by atoms with Gasteiger partial charge in [0, 0.05) is 6.04 Å². The van der Waals surface area contributed by atoms with E-state index in [1.54, 1.807) is 0 Å². The van der Waals surface area contributed by atoms with Crippen LogP contribution in [0.3, 0.4) is 0 Å². The Morgan fingerprint density at radius 2 is 1.88 bits per heavy atom. The zero-order chi connectivity index (χ0) is 12.6. The second kappa shape index (κ2) is 4.67. The Labute approximate surface area is 103 Å². The molecule has 1 saturated carbocycles. The Hall–Kier alpha value is -1.06. The Kier molecular flexibility index (Phi) is 3.40. The van der Waals surface area contributed by atoms with Gasteiger partial charge in [0.05, 0.1) is 6.54 Å². The summed E-state index contributed by atoms with van der Waals surface area (Å²) in [5.74, 6) is 1.18. The van der Waals surface area contributed by atoms with Gasteiger partial charge >= 0.3 is 0 Å². The summed E-state index contributed by atoms with van der Waals surface area (Å²) in [4.78, 5) is 25.5. The highest BCUT2D eigenvalue weighted by atomic mass is 16.2. The van der Waals surface area contributed by atoms with Crippen LogP contribution in [0.5, 0.6) is 0 Å². The predicted molar refractivity (Wildman–Crippen MR) is 65.3 cm³/mol. The minimum absolute atomic E-state index is 0.0185. The fourth-order valence-corrected chi connectivity index (χ4v) is 3.16. The number of nitrogens with one attached hydrogen (secondary N) is 1. The topological polar surface area (TPSA) is 49.4 Å². The van der Waals surface area contributed by atoms with Gasteiger partial charge in [-0.2, -0.15) is 0 Å². The molecule has 4 heteroatoms. The lowest BCUT2D eigenvalue weighted by Gasteiger charge is -2.45. The molecule has 2 aliphatic rings. The van der Waals surface area contributed by atoms with Crippen molar-refractivity contribution in [2.75, 3.05) is 6.54 Å². The maximum absolute atomic E-state index is 12.0. The van der Waals surface area contributed by atoms with Crippen molar-refractivity contribution in [2.24, 2.45) is 11.8 Å². The van der Waals surface area contributed by atoms with Crippen LogP contribution in [0.1, 0.15) is 40.0 Å². The molecule has 1 saturated heterocycles. The van der Waals surface area contributed by atoms with E-state index in [9.17, 15) is 9.59 Å². The molecular weight excluding hydrogens is 216 g/mol. The molecule has 0 aromatic rings. The standard InChI is InChI=1S/C13H22N2O2/c1-8-5-4-6-11(9(8)2)15-10(3)13(17)14-7-12(15)16/h8-11H,4-7H2,1-3H3,(H,14,17). The minimum atomic E-state index is -0.311. The van der Waals surface area contributed by atoms with E-state index in [4.69, 9.17) is 0 Å². The van der Waals surface area contributed by atoms with Gasteiger partial charge in [-0.15, -0.1) is 0 Å². The summed E-state index contributed by atoms with van der Waals surface area (Å²) in [6.45, 7) is 6.45. The van der Waals surface area contributed by atoms with Crippen LogP contribution in [-0.2, 0) is 9.59 Å². The van der Waals surface area contributed by atoms with E-state index < -0.39 is 0 Å². The van der Waals surface area contributed by atoms with Crippen LogP contribution in [0.2, 0.25) is 0 Å². The first-order chi connectivity index (χ1) is 8.02. The van der Waals surface area contributed by atoms with Gasteiger partial charge < -0.3 is 10.2 Å². The number of carbonyl (C=O) groups is 2. The highest BCUT2D eigenvalue weighted by molar-refractivity contribution is 5.94. The van der Waals surface area contributed by atoms with E-state index in [-0.39, 0.29) is 30.4 Å². The number of piperazine rings is 1. The quantitative estimate of drug-likeness (QED) is 0.745. The second-order valence-corrected chi connectivity index (χ2v) is 5.53. The van der Waals surface area contributed by atoms with Gasteiger partial charge in [-0.3, -0.25) is 9.59 Å². The third-order valence-electron chi connectivity index (χ3n) is 4.52. The van der Waals surface area contributed by atoms with Crippen LogP contribution in [-0.4, -0.2) is 35.3 Å². The SMILES string of the molecule is CC1CCCC(N2C(=O)CNC(=O)C2C)C1C. The molecule has 0 radical (unpaired) electrons. The van der Waals surface area contributed by atoms with Gasteiger partial charge in [-0.25, -0.2) is 0 Å². The highest BCUT2D eigenvalue weighted by Crippen LogP contribution is 2.34. The fourth-order valence-electron chi connectivity index (χ4n) is 3.16. The zero-order valence-electron chi connectivity index (χ0n) is 10.9. The molecule has 4 nitrogen and oxygen atoms in total. The summed E-state index contributed by atoms with van der Waals surface area (Å²) in [6.07, 6.45) is 3.43. The van der Waals surface area contributed by atoms with Crippen LogP contribution < -0.4 is 5.32 Å². The number of rotatable bonds is 1. The lowest BCUT2D eigenvalue weighted by Crippen LogP contribution is -2.62. The molecule has 0 aromatic carbocycles. The first-order valence-corrected chi connectivity index (χ1v) is 6.61. The molecule has 1 aliphatic heterocycles. The molecule has 0 bridgehead atoms. The third kappa shape index (κ3) is 2.17. The van der Waals surface area contributed by atoms with Crippen molar-refractivity contribution in [3.63, 3.8) is 0 Å². The summed E-state index contributed by atoms with van der Waals surface area (Å²) in [5, 5.41) is 2.65. The molecule has 0 spiro atoms. The Bertz CT molecular complexity index is 329. The van der Waals surface area contributed by atoms with Crippen LogP contribution in [0, 0.1) is 11.8 Å². The normalized spacial score (nSPS) is 39.1. The monoisotopic (exact) mass is 238 g/mol. The zero-order valence-corrected chi connectivity index (χ0v) is 10.9. The van der Waals surface area contributed by atoms with Gasteiger partial charge in [0.25, 0.3) is 0 Å². The average molecular weight is 238 g/mol. The average Bonchev–Trinajstić information content (AvgIpc) is 2.30. The largest absolute Gasteiger partial charge is 0.345 e. The molecular formula is C13H22N2O2. The number of nitrogens with zero attached hydrogens (tertiary/aromatic N) is 1. The molecule has 4 unspecified atom stereocenters. The Balaban J connectivity index is 2.18. The number of amides is 2. The van der Waals surface area contributed by atoms with Crippen molar-refractivity contribution < 1.29 is 9.59 Å². The van der Waals surface area contributed by atoms with Crippen LogP contribution >= 0.6 is 0 Å². The van der Waals surface area contributed by atoms with Crippen molar-refractivity contribution in [3.8, 4) is 0 Å². The first-order valence-electron chi connectivity index (χ1n) is 6.61. The van der Waals surface area contributed by atoms with Crippen molar-refractivity contribution in [1.82, 2.24) is 10.2 Å². The van der Waals surface area contributed by atoms with Gasteiger partial charge in [-0.1, -0.05) is 26.7 Å². The van der Waals surface area contributed by atoms with Crippen molar-refractivity contribution in [3.05, 3.63) is 0 Å². The molecule has 1 aliphatic carbocycles. The predicted octanol–water partition coefficient (Wildman–Crippen LogP) is 1.16. The number of hydrogen-bond acceptors (Lipinski definition) is 2. The van der Waals surface area contributed by atoms with E-state index in [1.807, 2.05) is 11.8 Å². The van der Waals surface area contributed by atoms with Gasteiger partial charge in [0.1, 0.15) is 6.04 Å². The summed E-state index contributed by atoms with van der Waals surface area (Å²) in [7, 11) is 0. The summed E-state index contributed by atoms with van der Waals surface area (Å²) in [5.41, 5.74) is 0. The molecule has 0 aromatic heterocycles. The van der Waals surface area contributed by atoms with Crippen LogP contribution in [0.4, 0.5) is 0 Å². The Morgan fingerprint density at radius 1 is 1.18 bits per heavy atom. The number of hydrogen-bond donors (Lipinski definition) is 1. The molecule has 4 atom stereocenters. The maximum Gasteiger partial charge on any atom is 0.242 e. The summed E-state index contributed by atoms with van der Waals surface area (Å²) >= 11 is 0. The molecule has 1 heterocycles. The summed E-state index contributed by atoms with van der Waals surface area (Å²) in [6, 6.07) is -0.0682. The minimum Gasteiger partial charge on any atom is -0.345 e. The molecule has 17 heavy (non-hydrogen) atoms. The highest BCUT2D eigenvalue weighted by Gasteiger charge is 2.40. The van der Waals surface area contributed by atoms with E-state index >= 15 is 0 Å². The molecule has 96 valence electrons. The van der Waals surface area contributed by atoms with Gasteiger partial charge in [-0.05, 0) is 25.2 Å². The van der Waals surface area contributed by atoms with E-state index in [1.165, 1.54) is 6.42 Å². The third-order valence-corrected chi connectivity index (χ3v) is 4.52. The van der Waals surface area contributed by atoms with E-state index in [0.29, 0.717) is 11.8 Å². The summed E-state index contributed by atoms with van der Waals surface area (Å²) < 4.78 is 0. The van der Waals surface area contributed by atoms with Gasteiger partial charge in [0.15, 0.2) is 0 Å². The van der Waals surface area contributed by atoms with Crippen molar-refractivity contribution >= 4 is 11.8 Å². The molecule has 1 N–H and O–H groups in total. The van der Waals surface area contributed by atoms with Crippen molar-refractivity contribution in [1.29, 1.82) is 0 Å². The van der Waals surface area contributed by atoms with Crippen LogP contribution in [0.25, 0.3) is 0 Å². The maximum atomic E-state index is 12.0. The fraction of sp³-hybridized carbons (Fsp3) is 0.846. The smallest absolute Gasteiger partial charge is 0.242 e. The second-order valence-electron chi connectivity index (χ2n) is 5.53. The van der Waals surface area contributed by atoms with E-state index in [0.717, 1.165) is 12.8 Å². The van der Waals surface area contributed by atoms with Crippen molar-refractivity contribution in [2.45, 2.75) is 52.1 Å². The number of carbonyl (C=O) groups excluding carboxylic acids is 2. The Morgan fingerprint density at radius 3 is 2.59 bits per heavy atom. The molecule has 2 amide bonds. The van der Waals surface area contributed by atoms with Crippen LogP contribution in [0.15, 0.2) is 0 Å². The lowest BCUT2D eigenvalue weighted by molar-refractivity contribution is -0.150. The lowest BCUT2D eigenvalue weighted by atomic mass is 9.76. The first kappa shape index (κ1) is 12.4. The molecule has 2 fully saturated rings. The van der Waals surface area contributed by atoms with E-state index in [2.05, 4.69) is 19.2 Å². The van der Waals surface area contributed by atoms with Gasteiger partial charge in [0.2, 0.25) is 11.8 Å².